The summed E-state index contributed by atoms with van der Waals surface area (Å²) in [6, 6.07) is 10.4. The number of phenolic OH excluding ortho intramolecular Hbond substituents is 1. The number of aryl methyl sites for hydroxylation is 1. The summed E-state index contributed by atoms with van der Waals surface area (Å²) >= 11 is 0. The van der Waals surface area contributed by atoms with Crippen LogP contribution in [-0.2, 0) is 7.05 Å². The second-order valence-electron chi connectivity index (χ2n) is 5.46. The molecule has 28 heavy (non-hydrogen) atoms. The standard InChI is InChI=1S/C10H9NO.C6H3N3O7/c1-11-7-9-5-3-2-4-8(9)6-10(11)12;10-6-4(8(13)14)1-3(7(11)12)2-5(6)9(15)16/h2-7H,1H3;1-2,10H. The summed E-state index contributed by atoms with van der Waals surface area (Å²) in [5.74, 6) is -1.21. The Balaban J connectivity index is 0.000000207. The Morgan fingerprint density at radius 1 is 0.857 bits per heavy atom. The molecule has 0 aliphatic heterocycles. The van der Waals surface area contributed by atoms with Crippen LogP contribution >= 0.6 is 0 Å². The molecule has 0 unspecified atom stereocenters. The summed E-state index contributed by atoms with van der Waals surface area (Å²) in [5.41, 5.74) is -2.97. The van der Waals surface area contributed by atoms with Gasteiger partial charge < -0.3 is 9.67 Å². The monoisotopic (exact) mass is 388 g/mol. The molecular formula is C16H12N4O8. The van der Waals surface area contributed by atoms with E-state index in [1.54, 1.807) is 17.7 Å². The van der Waals surface area contributed by atoms with E-state index in [0.29, 0.717) is 12.1 Å². The number of benzene rings is 2. The van der Waals surface area contributed by atoms with Crippen LogP contribution in [0.15, 0.2) is 53.5 Å². The lowest BCUT2D eigenvalue weighted by Gasteiger charge is -1.99. The number of nitro benzene ring substituents is 3. The highest BCUT2D eigenvalue weighted by Crippen LogP contribution is 2.38. The predicted molar refractivity (Wildman–Crippen MR) is 97.3 cm³/mol. The van der Waals surface area contributed by atoms with Gasteiger partial charge in [0.05, 0.1) is 26.9 Å². The van der Waals surface area contributed by atoms with E-state index in [1.165, 1.54) is 0 Å². The van der Waals surface area contributed by atoms with Crippen molar-refractivity contribution in [2.75, 3.05) is 0 Å². The Morgan fingerprint density at radius 2 is 1.36 bits per heavy atom. The molecule has 12 heteroatoms. The zero-order chi connectivity index (χ0) is 21.0. The molecule has 0 aliphatic rings. The molecule has 2 aromatic carbocycles. The SMILES string of the molecule is Cn1cc2ccccc2cc1=O.O=[N+]([O-])c1cc([N+](=O)[O-])c(O)c([N+](=O)[O-])c1. The minimum absolute atomic E-state index is 0.0358. The Hall–Kier alpha value is -4.35. The van der Waals surface area contributed by atoms with Gasteiger partial charge in [-0.1, -0.05) is 24.3 Å². The highest BCUT2D eigenvalue weighted by Gasteiger charge is 2.30. The normalized spacial score (nSPS) is 10.0. The van der Waals surface area contributed by atoms with E-state index in [-0.39, 0.29) is 5.56 Å². The van der Waals surface area contributed by atoms with Crippen LogP contribution in [0, 0.1) is 30.3 Å². The van der Waals surface area contributed by atoms with Crippen LogP contribution in [0.5, 0.6) is 5.75 Å². The fourth-order valence-corrected chi connectivity index (χ4v) is 2.24. The molecular weight excluding hydrogens is 376 g/mol. The zero-order valence-electron chi connectivity index (χ0n) is 14.2. The first-order valence-corrected chi connectivity index (χ1v) is 7.47. The van der Waals surface area contributed by atoms with Gasteiger partial charge in [0.1, 0.15) is 0 Å². The fourth-order valence-electron chi connectivity index (χ4n) is 2.24. The van der Waals surface area contributed by atoms with Crippen molar-refractivity contribution in [1.82, 2.24) is 4.57 Å². The van der Waals surface area contributed by atoms with Crippen molar-refractivity contribution in [2.24, 2.45) is 7.05 Å². The predicted octanol–water partition coefficient (Wildman–Crippen LogP) is 2.66. The van der Waals surface area contributed by atoms with Gasteiger partial charge >= 0.3 is 11.4 Å². The molecule has 0 radical (unpaired) electrons. The van der Waals surface area contributed by atoms with Gasteiger partial charge in [-0.3, -0.25) is 35.1 Å². The number of pyridine rings is 1. The smallest absolute Gasteiger partial charge is 0.324 e. The third kappa shape index (κ3) is 4.24. The lowest BCUT2D eigenvalue weighted by molar-refractivity contribution is -0.404. The molecule has 0 aliphatic carbocycles. The first-order chi connectivity index (χ1) is 13.1. The number of nitrogens with zero attached hydrogens (tertiary/aromatic N) is 4. The van der Waals surface area contributed by atoms with Crippen molar-refractivity contribution in [2.45, 2.75) is 0 Å². The van der Waals surface area contributed by atoms with Crippen molar-refractivity contribution in [3.05, 3.63) is 89.4 Å². The molecule has 1 heterocycles. The minimum Gasteiger partial charge on any atom is -0.497 e. The Kier molecular flexibility index (Phi) is 5.64. The summed E-state index contributed by atoms with van der Waals surface area (Å²) in [7, 11) is 1.76. The van der Waals surface area contributed by atoms with E-state index in [2.05, 4.69) is 0 Å². The van der Waals surface area contributed by atoms with Crippen molar-refractivity contribution >= 4 is 27.8 Å². The highest BCUT2D eigenvalue weighted by atomic mass is 16.6. The van der Waals surface area contributed by atoms with E-state index in [4.69, 9.17) is 5.11 Å². The van der Waals surface area contributed by atoms with Crippen LogP contribution < -0.4 is 5.56 Å². The number of aromatic hydroxyl groups is 1. The van der Waals surface area contributed by atoms with Crippen molar-refractivity contribution < 1.29 is 19.9 Å². The van der Waals surface area contributed by atoms with Gasteiger partial charge in [-0.15, -0.1) is 0 Å². The molecule has 0 saturated heterocycles. The Bertz CT molecular complexity index is 1120. The number of phenols is 1. The molecule has 144 valence electrons. The van der Waals surface area contributed by atoms with Gasteiger partial charge in [0, 0.05) is 19.3 Å². The van der Waals surface area contributed by atoms with Crippen LogP contribution in [0.2, 0.25) is 0 Å². The molecule has 0 bridgehead atoms. The van der Waals surface area contributed by atoms with Crippen LogP contribution in [0.4, 0.5) is 17.1 Å². The van der Waals surface area contributed by atoms with E-state index >= 15 is 0 Å². The van der Waals surface area contributed by atoms with Crippen LogP contribution in [0.1, 0.15) is 0 Å². The number of aromatic nitrogens is 1. The topological polar surface area (TPSA) is 172 Å². The molecule has 1 N–H and O–H groups in total. The summed E-state index contributed by atoms with van der Waals surface area (Å²) in [4.78, 5) is 39.0. The highest BCUT2D eigenvalue weighted by molar-refractivity contribution is 5.81. The molecule has 1 aromatic heterocycles. The number of fused-ring (bicyclic) bond motifs is 1. The van der Waals surface area contributed by atoms with Gasteiger partial charge in [-0.25, -0.2) is 0 Å². The van der Waals surface area contributed by atoms with Gasteiger partial charge in [0.2, 0.25) is 0 Å². The van der Waals surface area contributed by atoms with Crippen LogP contribution in [0.25, 0.3) is 10.8 Å². The first kappa shape index (κ1) is 20.0. The van der Waals surface area contributed by atoms with Gasteiger partial charge in [-0.2, -0.15) is 0 Å². The lowest BCUT2D eigenvalue weighted by atomic mass is 10.2. The molecule has 0 fully saturated rings. The number of hydrogen-bond acceptors (Lipinski definition) is 8. The van der Waals surface area contributed by atoms with E-state index < -0.39 is 37.6 Å². The first-order valence-electron chi connectivity index (χ1n) is 7.47. The van der Waals surface area contributed by atoms with Crippen LogP contribution in [0.3, 0.4) is 0 Å². The van der Waals surface area contributed by atoms with E-state index in [0.717, 1.165) is 10.8 Å². The largest absolute Gasteiger partial charge is 0.497 e. The summed E-state index contributed by atoms with van der Waals surface area (Å²) in [5, 5.41) is 42.3. The second kappa shape index (κ2) is 7.90. The molecule has 0 saturated carbocycles. The summed E-state index contributed by atoms with van der Waals surface area (Å²) < 4.78 is 1.59. The summed E-state index contributed by atoms with van der Waals surface area (Å²) in [6.45, 7) is 0. The van der Waals surface area contributed by atoms with Gasteiger partial charge in [0.15, 0.2) is 0 Å². The number of non-ortho nitro benzene ring substituents is 1. The van der Waals surface area contributed by atoms with E-state index in [1.807, 2.05) is 30.5 Å². The molecule has 0 amide bonds. The Labute approximate surface area is 155 Å². The zero-order valence-corrected chi connectivity index (χ0v) is 14.2. The third-order valence-electron chi connectivity index (χ3n) is 3.61. The van der Waals surface area contributed by atoms with Crippen LogP contribution in [-0.4, -0.2) is 24.4 Å². The van der Waals surface area contributed by atoms with Crippen molar-refractivity contribution in [3.63, 3.8) is 0 Å². The average molecular weight is 388 g/mol. The van der Waals surface area contributed by atoms with Gasteiger partial charge in [-0.05, 0) is 10.8 Å². The molecule has 3 rings (SSSR count). The quantitative estimate of drug-likeness (QED) is 0.526. The molecule has 12 nitrogen and oxygen atoms in total. The number of hydrogen-bond donors (Lipinski definition) is 1. The van der Waals surface area contributed by atoms with Crippen molar-refractivity contribution in [1.29, 1.82) is 0 Å². The fraction of sp³-hybridized carbons (Fsp3) is 0.0625. The maximum atomic E-state index is 11.2. The minimum atomic E-state index is -1.21. The third-order valence-corrected chi connectivity index (χ3v) is 3.61. The van der Waals surface area contributed by atoms with Gasteiger partial charge in [0.25, 0.3) is 17.0 Å². The second-order valence-corrected chi connectivity index (χ2v) is 5.46. The Morgan fingerprint density at radius 3 is 1.82 bits per heavy atom. The lowest BCUT2D eigenvalue weighted by Crippen LogP contribution is -2.13. The molecule has 3 aromatic rings. The van der Waals surface area contributed by atoms with Crippen molar-refractivity contribution in [3.8, 4) is 5.75 Å². The number of rotatable bonds is 3. The number of nitro groups is 3. The molecule has 0 atom stereocenters. The maximum Gasteiger partial charge on any atom is 0.324 e. The van der Waals surface area contributed by atoms with E-state index in [9.17, 15) is 35.1 Å². The molecule has 0 spiro atoms. The summed E-state index contributed by atoms with van der Waals surface area (Å²) in [6.07, 6.45) is 1.84. The maximum absolute atomic E-state index is 11.2. The average Bonchev–Trinajstić information content (AvgIpc) is 2.62.